The van der Waals surface area contributed by atoms with Gasteiger partial charge in [-0.3, -0.25) is 76.9 Å². The van der Waals surface area contributed by atoms with Gasteiger partial charge in [-0.2, -0.15) is 0 Å². The van der Waals surface area contributed by atoms with E-state index in [4.69, 9.17) is 28.7 Å². The van der Waals surface area contributed by atoms with E-state index in [-0.39, 0.29) is 69.0 Å². The average Bonchev–Trinajstić information content (AvgIpc) is 1.76. The third kappa shape index (κ3) is 26.1. The maximum Gasteiger partial charge on any atom is 0.303 e. The maximum absolute atomic E-state index is 14.6. The van der Waals surface area contributed by atoms with Crippen LogP contribution in [-0.4, -0.2) is 247 Å². The Labute approximate surface area is 569 Å². The number of rotatable bonds is 17. The summed E-state index contributed by atoms with van der Waals surface area (Å²) in [4.78, 5) is 219. The monoisotopic (exact) mass is 1440 g/mol. The van der Waals surface area contributed by atoms with Crippen LogP contribution in [0.1, 0.15) is 63.1 Å². The standard InChI is InChI=1S/C55H80N20O18S4/c1-25-44(83)72-36-21-95-97-22-37(73-45(84)29(56)10-11-42(80)81)52(91)74-38(51(90)69-33(16-40(57)78)54(93)75-13-3-5-39(75)53(92)65-25)23-96-94-20-35(43(58)82)71-50(89)34(19-76)70-48(87)31(14-26-6-8-28(77)9-7-26)67-49(88)32(15-27-17-61-24-64-27)68-47(86)30(4-2-12-62-55(59)60)66-41(79)18-63-46(36)85/h6-9,17,24-25,29-39,76-77H,2-5,10-16,18-23,56H2,1H3,(H2,57,78)(H2,58,82)(H,61,64)(H,63,85)(H,65,92)(H,66,79)(H,67,88)(H,68,86)(H,69,90)(H,70,87)(H,71,89)(H,72,83)(H,73,84)(H,74,91)(H,80,81)(H4,59,60,62)/t25-,29-,30-,31-,32-,33+,34-,35-,36-,37-,38-,39-/m0/s1. The normalized spacial score (nSPS) is 25.8. The van der Waals surface area contributed by atoms with Crippen molar-refractivity contribution in [3.05, 3.63) is 48.0 Å². The number of aliphatic imine (C=N–C) groups is 1. The molecule has 0 unspecified atom stereocenters. The number of hydrogen-bond donors (Lipinski definition) is 20. The minimum absolute atomic E-state index is 0.0220. The van der Waals surface area contributed by atoms with E-state index < -0.39 is 217 Å². The van der Waals surface area contributed by atoms with E-state index in [1.54, 1.807) is 0 Å². The number of amides is 14. The van der Waals surface area contributed by atoms with Crippen LogP contribution in [0.5, 0.6) is 5.75 Å². The van der Waals surface area contributed by atoms with Gasteiger partial charge in [-0.1, -0.05) is 55.3 Å². The lowest BCUT2D eigenvalue weighted by molar-refractivity contribution is -0.143. The van der Waals surface area contributed by atoms with Gasteiger partial charge in [0.2, 0.25) is 82.7 Å². The highest BCUT2D eigenvalue weighted by atomic mass is 33.1. The van der Waals surface area contributed by atoms with Crippen LogP contribution in [0.25, 0.3) is 0 Å². The van der Waals surface area contributed by atoms with Gasteiger partial charge < -0.3 is 112 Å². The fraction of sp³-hybridized carbons (Fsp3) is 0.545. The lowest BCUT2D eigenvalue weighted by atomic mass is 10.0. The van der Waals surface area contributed by atoms with Gasteiger partial charge >= 0.3 is 5.97 Å². The molecule has 2 aromatic rings. The summed E-state index contributed by atoms with van der Waals surface area (Å²) in [5, 5.41) is 57.0. The molecule has 38 nitrogen and oxygen atoms in total. The number of aliphatic carboxylic acids is 1. The van der Waals surface area contributed by atoms with Crippen molar-refractivity contribution in [2.75, 3.05) is 49.3 Å². The smallest absolute Gasteiger partial charge is 0.303 e. The Morgan fingerprint density at radius 2 is 1.29 bits per heavy atom. The zero-order valence-corrected chi connectivity index (χ0v) is 55.5. The number of guanidine groups is 1. The molecule has 5 rings (SSSR count). The first kappa shape index (κ1) is 78.6. The second kappa shape index (κ2) is 39.2. The molecule has 25 N–H and O–H groups in total. The summed E-state index contributed by atoms with van der Waals surface area (Å²) < 4.78 is 0. The van der Waals surface area contributed by atoms with E-state index in [1.807, 2.05) is 0 Å². The largest absolute Gasteiger partial charge is 0.508 e. The molecule has 4 heterocycles. The van der Waals surface area contributed by atoms with Crippen LogP contribution in [0.3, 0.4) is 0 Å². The van der Waals surface area contributed by atoms with Gasteiger partial charge in [0, 0.05) is 67.3 Å². The number of phenols is 1. The number of nitrogens with one attached hydrogen (secondary N) is 12. The van der Waals surface area contributed by atoms with Gasteiger partial charge in [0.25, 0.3) is 0 Å². The zero-order valence-electron chi connectivity index (χ0n) is 52.2. The number of fused-ring (bicyclic) bond motifs is 9. The lowest BCUT2D eigenvalue weighted by Gasteiger charge is -2.30. The highest BCUT2D eigenvalue weighted by Gasteiger charge is 2.41. The molecule has 1 aromatic heterocycles. The van der Waals surface area contributed by atoms with Crippen LogP contribution in [0.15, 0.2) is 41.8 Å². The molecule has 12 atom stereocenters. The van der Waals surface area contributed by atoms with Gasteiger partial charge in [0.05, 0.1) is 31.9 Å². The maximum atomic E-state index is 14.6. The second-order valence-corrected chi connectivity index (χ2v) is 27.4. The molecule has 42 heteroatoms. The Balaban J connectivity index is 1.62. The van der Waals surface area contributed by atoms with Crippen LogP contribution in [0, 0.1) is 0 Å². The van der Waals surface area contributed by atoms with E-state index in [1.165, 1.54) is 43.7 Å². The number of carbonyl (C=O) groups excluding carboxylic acids is 14. The summed E-state index contributed by atoms with van der Waals surface area (Å²) in [6.07, 6.45) is 0.138. The van der Waals surface area contributed by atoms with Crippen molar-refractivity contribution in [3.8, 4) is 5.75 Å². The SMILES string of the molecule is C[C@@H]1NC(=O)[C@@H]2CCCN2C(=O)[C@@H](CC(N)=O)NC(=O)[C@@H]2CSSC[C@@H](C(N)=O)NC(=O)[C@H](CO)NC(=O)[C@H](Cc3ccc(O)cc3)NC(=O)[C@H](Cc3cnc[nH]3)NC(=O)[C@H](CCCN=C(N)N)NC(=O)CNC(=O)[C@H](CSSC[C@H](NC(=O)[C@@H](N)CCC(=O)O)C(=O)N2)NC1=O. The molecule has 532 valence electrons. The number of carbonyl (C=O) groups is 15. The highest BCUT2D eigenvalue weighted by molar-refractivity contribution is 8.77. The van der Waals surface area contributed by atoms with Crippen molar-refractivity contribution in [3.63, 3.8) is 0 Å². The van der Waals surface area contributed by atoms with Gasteiger partial charge in [-0.05, 0) is 56.7 Å². The molecule has 0 saturated carbocycles. The molecule has 14 amide bonds. The minimum atomic E-state index is -1.87. The second-order valence-electron chi connectivity index (χ2n) is 22.3. The molecule has 3 aliphatic heterocycles. The number of aromatic nitrogens is 2. The number of imidazole rings is 1. The van der Waals surface area contributed by atoms with Crippen LogP contribution in [-0.2, 0) is 84.8 Å². The van der Waals surface area contributed by atoms with E-state index in [0.717, 1.165) is 48.1 Å². The van der Waals surface area contributed by atoms with Crippen LogP contribution < -0.4 is 87.2 Å². The number of H-pyrrole nitrogens is 1. The number of benzene rings is 1. The Morgan fingerprint density at radius 1 is 0.691 bits per heavy atom. The van der Waals surface area contributed by atoms with Gasteiger partial charge in [0.1, 0.15) is 72.2 Å². The number of nitrogens with two attached hydrogens (primary N) is 5. The predicted molar refractivity (Wildman–Crippen MR) is 352 cm³/mol. The first-order valence-electron chi connectivity index (χ1n) is 30.1. The van der Waals surface area contributed by atoms with Crippen LogP contribution >= 0.6 is 43.2 Å². The van der Waals surface area contributed by atoms with Gasteiger partial charge in [0.15, 0.2) is 5.96 Å². The Hall–Kier alpha value is -9.13. The molecule has 3 saturated heterocycles. The molecule has 2 bridgehead atoms. The number of aromatic hydroxyl groups is 1. The molecule has 0 radical (unpaired) electrons. The topological polar surface area (TPSA) is 623 Å². The number of carboxylic acid groups (broad SMARTS) is 1. The average molecular weight is 1440 g/mol. The van der Waals surface area contributed by atoms with Crippen molar-refractivity contribution in [2.45, 2.75) is 137 Å². The first-order valence-corrected chi connectivity index (χ1v) is 35.1. The van der Waals surface area contributed by atoms with Gasteiger partial charge in [-0.25, -0.2) is 4.98 Å². The first-order chi connectivity index (χ1) is 46.0. The van der Waals surface area contributed by atoms with Crippen LogP contribution in [0.4, 0.5) is 0 Å². The summed E-state index contributed by atoms with van der Waals surface area (Å²) in [6, 6.07) is -14.0. The fourth-order valence-corrected chi connectivity index (χ4v) is 14.2. The number of aromatic amines is 1. The number of aliphatic hydroxyl groups excluding tert-OH is 1. The molecule has 97 heavy (non-hydrogen) atoms. The summed E-state index contributed by atoms with van der Waals surface area (Å²) in [7, 11) is 3.20. The quantitative estimate of drug-likeness (QED) is 0.0303. The molecular formula is C55H80N20O18S4. The zero-order chi connectivity index (χ0) is 71.5. The summed E-state index contributed by atoms with van der Waals surface area (Å²) in [5.74, 6) is -18.2. The fourth-order valence-electron chi connectivity index (χ4n) is 9.51. The highest BCUT2D eigenvalue weighted by Crippen LogP contribution is 2.26. The lowest BCUT2D eigenvalue weighted by Crippen LogP contribution is -2.61. The molecule has 3 fully saturated rings. The number of aliphatic hydroxyl groups is 1. The van der Waals surface area contributed by atoms with Crippen molar-refractivity contribution < 1.29 is 87.2 Å². The number of phenolic OH excluding ortho intramolecular Hbond substituents is 1. The summed E-state index contributed by atoms with van der Waals surface area (Å²) >= 11 is 0. The third-order valence-electron chi connectivity index (χ3n) is 14.7. The van der Waals surface area contributed by atoms with Gasteiger partial charge in [-0.15, -0.1) is 0 Å². The number of nitrogens with zero attached hydrogens (tertiary/aromatic N) is 3. The Morgan fingerprint density at radius 3 is 1.91 bits per heavy atom. The van der Waals surface area contributed by atoms with E-state index in [2.05, 4.69) is 73.4 Å². The number of carboxylic acids is 1. The number of hydrogen-bond acceptors (Lipinski definition) is 24. The molecular weight excluding hydrogens is 1360 g/mol. The predicted octanol–water partition coefficient (Wildman–Crippen LogP) is -8.74. The van der Waals surface area contributed by atoms with E-state index in [9.17, 15) is 87.2 Å². The third-order valence-corrected chi connectivity index (χ3v) is 19.6. The van der Waals surface area contributed by atoms with Crippen LogP contribution in [0.2, 0.25) is 0 Å². The van der Waals surface area contributed by atoms with Crippen molar-refractivity contribution in [2.24, 2.45) is 33.7 Å². The van der Waals surface area contributed by atoms with Crippen molar-refractivity contribution in [1.29, 1.82) is 0 Å². The van der Waals surface area contributed by atoms with E-state index >= 15 is 0 Å². The number of primary amides is 2. The summed E-state index contributed by atoms with van der Waals surface area (Å²) in [6.45, 7) is -0.925. The van der Waals surface area contributed by atoms with Crippen molar-refractivity contribution >= 4 is 138 Å². The molecule has 0 aliphatic carbocycles. The Bertz CT molecular complexity index is 3210. The molecule has 3 aliphatic rings. The van der Waals surface area contributed by atoms with E-state index in [0.29, 0.717) is 5.56 Å². The molecule has 1 aromatic carbocycles. The minimum Gasteiger partial charge on any atom is -0.508 e. The molecule has 0 spiro atoms. The summed E-state index contributed by atoms with van der Waals surface area (Å²) in [5.41, 5.74) is 29.0. The Kier molecular flexibility index (Phi) is 31.7. The van der Waals surface area contributed by atoms with Crippen molar-refractivity contribution in [1.82, 2.24) is 73.4 Å².